The molecule has 1 saturated carbocycles. The van der Waals surface area contributed by atoms with E-state index in [4.69, 9.17) is 5.41 Å². The van der Waals surface area contributed by atoms with Crippen molar-refractivity contribution in [1.29, 1.82) is 5.41 Å². The van der Waals surface area contributed by atoms with Crippen molar-refractivity contribution in [2.24, 2.45) is 5.92 Å². The molecule has 1 rings (SSSR count). The molecule has 0 bridgehead atoms. The third-order valence-corrected chi connectivity index (χ3v) is 1.75. The Morgan fingerprint density at radius 3 is 2.57 bits per heavy atom. The van der Waals surface area contributed by atoms with Gasteiger partial charge < -0.3 is 5.41 Å². The topological polar surface area (TPSA) is 23.9 Å². The van der Waals surface area contributed by atoms with Gasteiger partial charge in [-0.25, -0.2) is 0 Å². The first kappa shape index (κ1) is 4.82. The van der Waals surface area contributed by atoms with Gasteiger partial charge in [-0.15, -0.1) is 0 Å². The molecule has 0 amide bonds. The van der Waals surface area contributed by atoms with Crippen molar-refractivity contribution in [1.82, 2.24) is 0 Å². The number of hydrogen-bond acceptors (Lipinski definition) is 1. The van der Waals surface area contributed by atoms with E-state index in [1.54, 1.807) is 0 Å². The standard InChI is InChI=1S/C6H11N/c1-2-5-3-4-6(5)7/h5,7H,2-4H2,1H3. The van der Waals surface area contributed by atoms with Crippen LogP contribution in [0, 0.1) is 11.3 Å². The van der Waals surface area contributed by atoms with E-state index in [0.29, 0.717) is 5.92 Å². The molecule has 1 aliphatic carbocycles. The highest BCUT2D eigenvalue weighted by Gasteiger charge is 2.21. The van der Waals surface area contributed by atoms with Gasteiger partial charge >= 0.3 is 0 Å². The van der Waals surface area contributed by atoms with E-state index in [2.05, 4.69) is 6.92 Å². The van der Waals surface area contributed by atoms with Crippen LogP contribution < -0.4 is 0 Å². The Morgan fingerprint density at radius 1 is 1.86 bits per heavy atom. The molecule has 0 aliphatic heterocycles. The molecule has 0 spiro atoms. The molecule has 0 radical (unpaired) electrons. The van der Waals surface area contributed by atoms with Crippen molar-refractivity contribution in [2.45, 2.75) is 26.2 Å². The average molecular weight is 97.2 g/mol. The van der Waals surface area contributed by atoms with Crippen LogP contribution >= 0.6 is 0 Å². The average Bonchev–Trinajstić information content (AvgIpc) is 1.65. The largest absolute Gasteiger partial charge is 0.309 e. The van der Waals surface area contributed by atoms with Gasteiger partial charge in [0.1, 0.15) is 0 Å². The Hall–Kier alpha value is -0.330. The van der Waals surface area contributed by atoms with Gasteiger partial charge in [-0.3, -0.25) is 0 Å². The maximum absolute atomic E-state index is 7.19. The van der Waals surface area contributed by atoms with Crippen molar-refractivity contribution >= 4 is 5.71 Å². The van der Waals surface area contributed by atoms with Crippen LogP contribution in [0.25, 0.3) is 0 Å². The lowest BCUT2D eigenvalue weighted by Gasteiger charge is -2.24. The van der Waals surface area contributed by atoms with E-state index < -0.39 is 0 Å². The molecule has 1 fully saturated rings. The Bertz CT molecular complexity index is 84.2. The van der Waals surface area contributed by atoms with Gasteiger partial charge in [-0.05, 0) is 25.2 Å². The van der Waals surface area contributed by atoms with Gasteiger partial charge in [-0.2, -0.15) is 0 Å². The molecule has 0 aromatic carbocycles. The zero-order valence-corrected chi connectivity index (χ0v) is 4.70. The van der Waals surface area contributed by atoms with Crippen molar-refractivity contribution in [3.05, 3.63) is 0 Å². The summed E-state index contributed by atoms with van der Waals surface area (Å²) in [7, 11) is 0. The molecule has 40 valence electrons. The molecule has 1 unspecified atom stereocenters. The molecular formula is C6H11N. The van der Waals surface area contributed by atoms with Crippen molar-refractivity contribution in [2.75, 3.05) is 0 Å². The molecule has 0 heterocycles. The quantitative estimate of drug-likeness (QED) is 0.516. The lowest BCUT2D eigenvalue weighted by atomic mass is 9.81. The molecule has 0 saturated heterocycles. The Kier molecular flexibility index (Phi) is 1.13. The van der Waals surface area contributed by atoms with E-state index in [-0.39, 0.29) is 0 Å². The smallest absolute Gasteiger partial charge is 0.0120 e. The van der Waals surface area contributed by atoms with E-state index in [1.165, 1.54) is 12.8 Å². The Morgan fingerprint density at radius 2 is 2.57 bits per heavy atom. The third kappa shape index (κ3) is 0.671. The van der Waals surface area contributed by atoms with E-state index >= 15 is 0 Å². The number of hydrogen-bond donors (Lipinski definition) is 1. The molecule has 1 aliphatic rings. The molecule has 1 heteroatoms. The molecular weight excluding hydrogens is 86.1 g/mol. The first-order valence-corrected chi connectivity index (χ1v) is 2.92. The lowest BCUT2D eigenvalue weighted by Crippen LogP contribution is -2.23. The number of rotatable bonds is 1. The van der Waals surface area contributed by atoms with Crippen LogP contribution in [0.3, 0.4) is 0 Å². The normalized spacial score (nSPS) is 29.9. The fourth-order valence-electron chi connectivity index (χ4n) is 0.943. The minimum Gasteiger partial charge on any atom is -0.309 e. The van der Waals surface area contributed by atoms with Gasteiger partial charge in [0.2, 0.25) is 0 Å². The third-order valence-electron chi connectivity index (χ3n) is 1.75. The van der Waals surface area contributed by atoms with Gasteiger partial charge in [0, 0.05) is 5.71 Å². The SMILES string of the molecule is CCC1CCC1=N. The van der Waals surface area contributed by atoms with E-state index in [1.807, 2.05) is 0 Å². The number of nitrogens with one attached hydrogen (secondary N) is 1. The second-order valence-electron chi connectivity index (χ2n) is 2.17. The van der Waals surface area contributed by atoms with Crippen LogP contribution in [0.2, 0.25) is 0 Å². The lowest BCUT2D eigenvalue weighted by molar-refractivity contribution is 0.533. The second kappa shape index (κ2) is 1.65. The van der Waals surface area contributed by atoms with Crippen LogP contribution in [0.15, 0.2) is 0 Å². The van der Waals surface area contributed by atoms with Crippen LogP contribution in [0.5, 0.6) is 0 Å². The summed E-state index contributed by atoms with van der Waals surface area (Å²) in [5.74, 6) is 0.667. The monoisotopic (exact) mass is 97.1 g/mol. The molecule has 0 aromatic heterocycles. The second-order valence-corrected chi connectivity index (χ2v) is 2.17. The van der Waals surface area contributed by atoms with Gasteiger partial charge in [-0.1, -0.05) is 6.92 Å². The van der Waals surface area contributed by atoms with Crippen LogP contribution in [0.4, 0.5) is 0 Å². The van der Waals surface area contributed by atoms with E-state index in [0.717, 1.165) is 12.1 Å². The van der Waals surface area contributed by atoms with Crippen LogP contribution in [-0.4, -0.2) is 5.71 Å². The molecule has 0 aromatic rings. The molecule has 1 nitrogen and oxygen atoms in total. The summed E-state index contributed by atoms with van der Waals surface area (Å²) in [5, 5.41) is 7.19. The minimum atomic E-state index is 0.667. The van der Waals surface area contributed by atoms with Crippen molar-refractivity contribution in [3.63, 3.8) is 0 Å². The molecule has 7 heavy (non-hydrogen) atoms. The summed E-state index contributed by atoms with van der Waals surface area (Å²) in [4.78, 5) is 0. The summed E-state index contributed by atoms with van der Waals surface area (Å²) in [6.45, 7) is 2.15. The maximum atomic E-state index is 7.19. The fraction of sp³-hybridized carbons (Fsp3) is 0.833. The van der Waals surface area contributed by atoms with Crippen molar-refractivity contribution in [3.8, 4) is 0 Å². The highest BCUT2D eigenvalue weighted by Crippen LogP contribution is 2.24. The predicted octanol–water partition coefficient (Wildman–Crippen LogP) is 1.83. The summed E-state index contributed by atoms with van der Waals surface area (Å²) in [5.41, 5.74) is 0.975. The molecule has 1 N–H and O–H groups in total. The Labute approximate surface area is 44.2 Å². The van der Waals surface area contributed by atoms with Crippen LogP contribution in [-0.2, 0) is 0 Å². The summed E-state index contributed by atoms with van der Waals surface area (Å²) < 4.78 is 0. The highest BCUT2D eigenvalue weighted by atomic mass is 14.5. The summed E-state index contributed by atoms with van der Waals surface area (Å²) in [6.07, 6.45) is 3.52. The zero-order valence-electron chi connectivity index (χ0n) is 4.70. The summed E-state index contributed by atoms with van der Waals surface area (Å²) in [6, 6.07) is 0. The zero-order chi connectivity index (χ0) is 5.28. The fourth-order valence-corrected chi connectivity index (χ4v) is 0.943. The minimum absolute atomic E-state index is 0.667. The Balaban J connectivity index is 2.29. The summed E-state index contributed by atoms with van der Waals surface area (Å²) >= 11 is 0. The van der Waals surface area contributed by atoms with E-state index in [9.17, 15) is 0 Å². The predicted molar refractivity (Wildman–Crippen MR) is 30.7 cm³/mol. The first-order chi connectivity index (χ1) is 3.34. The highest BCUT2D eigenvalue weighted by molar-refractivity contribution is 5.88. The maximum Gasteiger partial charge on any atom is 0.0120 e. The van der Waals surface area contributed by atoms with Gasteiger partial charge in [0.25, 0.3) is 0 Å². The molecule has 1 atom stereocenters. The van der Waals surface area contributed by atoms with Gasteiger partial charge in [0.05, 0.1) is 0 Å². The van der Waals surface area contributed by atoms with Gasteiger partial charge in [0.15, 0.2) is 0 Å². The van der Waals surface area contributed by atoms with Crippen LogP contribution in [0.1, 0.15) is 26.2 Å². The first-order valence-electron chi connectivity index (χ1n) is 2.92. The van der Waals surface area contributed by atoms with Crippen molar-refractivity contribution < 1.29 is 0 Å².